The van der Waals surface area contributed by atoms with E-state index in [1.54, 1.807) is 34.8 Å². The Labute approximate surface area is 102 Å². The summed E-state index contributed by atoms with van der Waals surface area (Å²) in [5, 5.41) is 0. The molecule has 0 aliphatic heterocycles. The van der Waals surface area contributed by atoms with E-state index in [1.165, 1.54) is 0 Å². The van der Waals surface area contributed by atoms with Crippen molar-refractivity contribution in [2.75, 3.05) is 20.3 Å². The molecule has 0 bridgehead atoms. The van der Waals surface area contributed by atoms with E-state index in [2.05, 4.69) is 0 Å². The smallest absolute Gasteiger partial charge is 0.375 e. The highest BCUT2D eigenvalue weighted by Crippen LogP contribution is 2.09. The molecule has 0 aromatic carbocycles. The molecule has 0 rings (SSSR count). The van der Waals surface area contributed by atoms with Gasteiger partial charge in [-0.05, 0) is 27.7 Å². The van der Waals surface area contributed by atoms with Crippen LogP contribution in [0.4, 0.5) is 0 Å². The Hall–Kier alpha value is -0.940. The summed E-state index contributed by atoms with van der Waals surface area (Å²) < 4.78 is 15.0. The van der Waals surface area contributed by atoms with Gasteiger partial charge in [0.25, 0.3) is 0 Å². The molecule has 0 amide bonds. The predicted molar refractivity (Wildman–Crippen MR) is 62.8 cm³/mol. The highest BCUT2D eigenvalue weighted by atomic mass is 16.6. The summed E-state index contributed by atoms with van der Waals surface area (Å²) >= 11 is 0. The lowest BCUT2D eigenvalue weighted by Gasteiger charge is -2.19. The van der Waals surface area contributed by atoms with Gasteiger partial charge in [0.05, 0.1) is 19.3 Å². The quantitative estimate of drug-likeness (QED) is 0.385. The first-order valence-electron chi connectivity index (χ1n) is 5.63. The van der Waals surface area contributed by atoms with Gasteiger partial charge in [-0.1, -0.05) is 0 Å². The van der Waals surface area contributed by atoms with Gasteiger partial charge in [0.15, 0.2) is 0 Å². The number of ketones is 1. The van der Waals surface area contributed by atoms with Crippen LogP contribution in [0.3, 0.4) is 0 Å². The Morgan fingerprint density at radius 3 is 2.24 bits per heavy atom. The van der Waals surface area contributed by atoms with E-state index in [4.69, 9.17) is 14.2 Å². The van der Waals surface area contributed by atoms with Gasteiger partial charge in [0.2, 0.25) is 5.78 Å². The number of esters is 1. The SMILES string of the molecule is COCCOC(C)CC(=O)C(=O)OC(C)(C)C. The van der Waals surface area contributed by atoms with Crippen molar-refractivity contribution in [3.05, 3.63) is 0 Å². The molecule has 5 heteroatoms. The zero-order valence-corrected chi connectivity index (χ0v) is 11.2. The van der Waals surface area contributed by atoms with E-state index >= 15 is 0 Å². The zero-order valence-electron chi connectivity index (χ0n) is 11.2. The van der Waals surface area contributed by atoms with Gasteiger partial charge in [-0.2, -0.15) is 0 Å². The molecule has 0 aromatic rings. The van der Waals surface area contributed by atoms with Crippen molar-refractivity contribution in [2.45, 2.75) is 45.8 Å². The first kappa shape index (κ1) is 16.1. The maximum atomic E-state index is 11.5. The summed E-state index contributed by atoms with van der Waals surface area (Å²) in [5.41, 5.74) is -0.646. The van der Waals surface area contributed by atoms with E-state index in [0.717, 1.165) is 0 Å². The lowest BCUT2D eigenvalue weighted by Crippen LogP contribution is -2.31. The molecule has 0 spiro atoms. The normalized spacial score (nSPS) is 13.2. The first-order chi connectivity index (χ1) is 7.76. The highest BCUT2D eigenvalue weighted by Gasteiger charge is 2.24. The maximum Gasteiger partial charge on any atom is 0.375 e. The van der Waals surface area contributed by atoms with Crippen LogP contribution in [0.15, 0.2) is 0 Å². The molecular formula is C12H22O5. The molecule has 0 saturated carbocycles. The summed E-state index contributed by atoms with van der Waals surface area (Å²) in [6, 6.07) is 0. The summed E-state index contributed by atoms with van der Waals surface area (Å²) in [4.78, 5) is 22.9. The van der Waals surface area contributed by atoms with E-state index in [0.29, 0.717) is 13.2 Å². The molecule has 0 fully saturated rings. The van der Waals surface area contributed by atoms with E-state index in [1.807, 2.05) is 0 Å². The fourth-order valence-electron chi connectivity index (χ4n) is 1.07. The van der Waals surface area contributed by atoms with Crippen molar-refractivity contribution in [3.8, 4) is 0 Å². The van der Waals surface area contributed by atoms with Crippen molar-refractivity contribution < 1.29 is 23.8 Å². The standard InChI is InChI=1S/C12H22O5/c1-9(16-7-6-15-5)8-10(13)11(14)17-12(2,3)4/h9H,6-8H2,1-5H3. The summed E-state index contributed by atoms with van der Waals surface area (Å²) in [6.45, 7) is 7.76. The lowest BCUT2D eigenvalue weighted by molar-refractivity contribution is -0.163. The maximum absolute atomic E-state index is 11.5. The highest BCUT2D eigenvalue weighted by molar-refractivity contribution is 6.33. The predicted octanol–water partition coefficient (Wildman–Crippen LogP) is 1.34. The number of carbonyl (C=O) groups excluding carboxylic acids is 2. The Balaban J connectivity index is 3.95. The van der Waals surface area contributed by atoms with E-state index in [9.17, 15) is 9.59 Å². The minimum atomic E-state index is -0.806. The second kappa shape index (κ2) is 7.40. The molecule has 0 aliphatic carbocycles. The summed E-state index contributed by atoms with van der Waals surface area (Å²) in [6.07, 6.45) is -0.288. The average molecular weight is 246 g/mol. The monoisotopic (exact) mass is 246 g/mol. The average Bonchev–Trinajstić information content (AvgIpc) is 2.15. The van der Waals surface area contributed by atoms with Gasteiger partial charge in [-0.15, -0.1) is 0 Å². The van der Waals surface area contributed by atoms with Crippen LogP contribution >= 0.6 is 0 Å². The Kier molecular flexibility index (Phi) is 6.99. The second-order valence-corrected chi connectivity index (χ2v) is 4.80. The fraction of sp³-hybridized carbons (Fsp3) is 0.833. The van der Waals surface area contributed by atoms with Crippen LogP contribution in [0.2, 0.25) is 0 Å². The molecule has 1 unspecified atom stereocenters. The molecule has 0 aromatic heterocycles. The summed E-state index contributed by atoms with van der Waals surface area (Å²) in [5.74, 6) is -1.37. The van der Waals surface area contributed by atoms with Crippen LogP contribution in [-0.2, 0) is 23.8 Å². The van der Waals surface area contributed by atoms with Crippen LogP contribution < -0.4 is 0 Å². The van der Waals surface area contributed by atoms with Crippen molar-refractivity contribution >= 4 is 11.8 Å². The minimum absolute atomic E-state index is 0.0264. The Morgan fingerprint density at radius 1 is 1.18 bits per heavy atom. The Morgan fingerprint density at radius 2 is 1.76 bits per heavy atom. The van der Waals surface area contributed by atoms with Gasteiger partial charge >= 0.3 is 5.97 Å². The molecule has 0 saturated heterocycles. The molecular weight excluding hydrogens is 224 g/mol. The van der Waals surface area contributed by atoms with Crippen LogP contribution in [0.25, 0.3) is 0 Å². The van der Waals surface area contributed by atoms with Crippen LogP contribution in [0.5, 0.6) is 0 Å². The minimum Gasteiger partial charge on any atom is -0.454 e. The van der Waals surface area contributed by atoms with Crippen LogP contribution in [-0.4, -0.2) is 43.8 Å². The van der Waals surface area contributed by atoms with E-state index in [-0.39, 0.29) is 12.5 Å². The topological polar surface area (TPSA) is 61.8 Å². The van der Waals surface area contributed by atoms with Gasteiger partial charge in [-0.3, -0.25) is 4.79 Å². The molecule has 0 radical (unpaired) electrons. The number of ether oxygens (including phenoxy) is 3. The second-order valence-electron chi connectivity index (χ2n) is 4.80. The largest absolute Gasteiger partial charge is 0.454 e. The third-order valence-corrected chi connectivity index (χ3v) is 1.79. The van der Waals surface area contributed by atoms with E-state index < -0.39 is 17.4 Å². The van der Waals surface area contributed by atoms with Gasteiger partial charge < -0.3 is 14.2 Å². The molecule has 0 heterocycles. The summed E-state index contributed by atoms with van der Waals surface area (Å²) in [7, 11) is 1.57. The number of rotatable bonds is 7. The molecule has 100 valence electrons. The molecule has 0 aliphatic rings. The molecule has 0 N–H and O–H groups in total. The number of Topliss-reactive ketones (excluding diaryl/α,β-unsaturated/α-hetero) is 1. The zero-order chi connectivity index (χ0) is 13.5. The first-order valence-corrected chi connectivity index (χ1v) is 5.63. The Bertz CT molecular complexity index is 254. The third kappa shape index (κ3) is 8.83. The number of methoxy groups -OCH3 is 1. The van der Waals surface area contributed by atoms with Gasteiger partial charge in [0.1, 0.15) is 5.60 Å². The van der Waals surface area contributed by atoms with Crippen LogP contribution in [0.1, 0.15) is 34.1 Å². The van der Waals surface area contributed by atoms with Gasteiger partial charge in [-0.25, -0.2) is 4.79 Å². The van der Waals surface area contributed by atoms with Gasteiger partial charge in [0, 0.05) is 13.5 Å². The number of hydrogen-bond donors (Lipinski definition) is 0. The third-order valence-electron chi connectivity index (χ3n) is 1.79. The van der Waals surface area contributed by atoms with Crippen molar-refractivity contribution in [1.82, 2.24) is 0 Å². The molecule has 5 nitrogen and oxygen atoms in total. The fourth-order valence-corrected chi connectivity index (χ4v) is 1.07. The number of carbonyl (C=O) groups is 2. The lowest BCUT2D eigenvalue weighted by atomic mass is 10.1. The molecule has 17 heavy (non-hydrogen) atoms. The van der Waals surface area contributed by atoms with Crippen LogP contribution in [0, 0.1) is 0 Å². The van der Waals surface area contributed by atoms with Crippen molar-refractivity contribution in [2.24, 2.45) is 0 Å². The number of hydrogen-bond acceptors (Lipinski definition) is 5. The van der Waals surface area contributed by atoms with Crippen molar-refractivity contribution in [3.63, 3.8) is 0 Å². The van der Waals surface area contributed by atoms with Crippen molar-refractivity contribution in [1.29, 1.82) is 0 Å². The molecule has 1 atom stereocenters.